The summed E-state index contributed by atoms with van der Waals surface area (Å²) < 4.78 is 13.6. The average molecular weight is 398 g/mol. The highest BCUT2D eigenvalue weighted by atomic mass is 19.1. The zero-order valence-corrected chi connectivity index (χ0v) is 17.7. The molecule has 0 aromatic heterocycles. The maximum absolute atomic E-state index is 13.6. The molecule has 4 rings (SSSR count). The van der Waals surface area contributed by atoms with Crippen molar-refractivity contribution >= 4 is 5.69 Å². The van der Waals surface area contributed by atoms with E-state index >= 15 is 0 Å². The summed E-state index contributed by atoms with van der Waals surface area (Å²) in [5.41, 5.74) is 5.89. The maximum Gasteiger partial charge on any atom is 0.123 e. The lowest BCUT2D eigenvalue weighted by atomic mass is 9.95. The van der Waals surface area contributed by atoms with Crippen LogP contribution in [0.4, 0.5) is 10.1 Å². The number of rotatable bonds is 5. The summed E-state index contributed by atoms with van der Waals surface area (Å²) in [4.78, 5) is 2.45. The van der Waals surface area contributed by atoms with Gasteiger partial charge in [0.2, 0.25) is 0 Å². The average Bonchev–Trinajstić information content (AvgIpc) is 3.24. The molecule has 0 bridgehead atoms. The molecule has 1 heterocycles. The minimum atomic E-state index is -0.206. The fourth-order valence-corrected chi connectivity index (χ4v) is 4.52. The maximum atomic E-state index is 13.6. The molecule has 30 heavy (non-hydrogen) atoms. The Balaban J connectivity index is 1.70. The lowest BCUT2D eigenvalue weighted by Crippen LogP contribution is -2.26. The largest absolute Gasteiger partial charge is 0.357 e. The molecule has 0 saturated carbocycles. The van der Waals surface area contributed by atoms with Crippen LogP contribution in [0.15, 0.2) is 72.8 Å². The molecule has 1 saturated heterocycles. The van der Waals surface area contributed by atoms with E-state index in [2.05, 4.69) is 61.1 Å². The number of terminal acetylenes is 1. The Morgan fingerprint density at radius 3 is 1.93 bits per heavy atom. The fraction of sp³-hybridized carbons (Fsp3) is 0.286. The normalized spacial score (nSPS) is 19.5. The van der Waals surface area contributed by atoms with Gasteiger partial charge in [-0.05, 0) is 78.3 Å². The summed E-state index contributed by atoms with van der Waals surface area (Å²) in [5, 5.41) is 0. The molecule has 2 heteroatoms. The Kier molecular flexibility index (Phi) is 5.91. The van der Waals surface area contributed by atoms with Crippen molar-refractivity contribution in [2.24, 2.45) is 0 Å². The molecule has 1 aliphatic heterocycles. The molecule has 0 radical (unpaired) electrons. The quantitative estimate of drug-likeness (QED) is 0.405. The van der Waals surface area contributed by atoms with Gasteiger partial charge in [-0.15, -0.1) is 6.42 Å². The van der Waals surface area contributed by atoms with Gasteiger partial charge >= 0.3 is 0 Å². The van der Waals surface area contributed by atoms with Crippen LogP contribution in [0.1, 0.15) is 73.4 Å². The number of anilines is 1. The van der Waals surface area contributed by atoms with Gasteiger partial charge in [-0.25, -0.2) is 4.39 Å². The molecule has 1 unspecified atom stereocenters. The summed E-state index contributed by atoms with van der Waals surface area (Å²) in [6.45, 7) is 4.49. The van der Waals surface area contributed by atoms with Crippen LogP contribution in [0.3, 0.4) is 0 Å². The molecule has 0 aliphatic carbocycles. The molecule has 152 valence electrons. The van der Waals surface area contributed by atoms with E-state index < -0.39 is 0 Å². The first-order valence-electron chi connectivity index (χ1n) is 10.8. The van der Waals surface area contributed by atoms with Gasteiger partial charge < -0.3 is 4.90 Å². The first-order valence-corrected chi connectivity index (χ1v) is 10.8. The van der Waals surface area contributed by atoms with Crippen molar-refractivity contribution < 1.29 is 4.39 Å². The van der Waals surface area contributed by atoms with Crippen LogP contribution in [0.2, 0.25) is 0 Å². The molecule has 0 spiro atoms. The Bertz CT molecular complexity index is 1010. The van der Waals surface area contributed by atoms with Gasteiger partial charge in [0, 0.05) is 11.3 Å². The third kappa shape index (κ3) is 3.98. The number of hydrogen-bond acceptors (Lipinski definition) is 1. The lowest BCUT2D eigenvalue weighted by Gasteiger charge is -2.33. The summed E-state index contributed by atoms with van der Waals surface area (Å²) in [6.07, 6.45) is 8.77. The Morgan fingerprint density at radius 1 is 0.900 bits per heavy atom. The van der Waals surface area contributed by atoms with Gasteiger partial charge in [-0.2, -0.15) is 0 Å². The molecule has 3 atom stereocenters. The van der Waals surface area contributed by atoms with Crippen molar-refractivity contribution in [1.82, 2.24) is 0 Å². The van der Waals surface area contributed by atoms with Gasteiger partial charge in [0.05, 0.1) is 12.1 Å². The van der Waals surface area contributed by atoms with Crippen molar-refractivity contribution in [3.05, 3.63) is 101 Å². The van der Waals surface area contributed by atoms with Crippen LogP contribution >= 0.6 is 0 Å². The third-order valence-electron chi connectivity index (χ3n) is 6.47. The molecular formula is C28H28FN. The van der Waals surface area contributed by atoms with Crippen LogP contribution in [-0.4, -0.2) is 0 Å². The number of hydrogen-bond donors (Lipinski definition) is 0. The van der Waals surface area contributed by atoms with Crippen molar-refractivity contribution in [2.45, 2.75) is 51.1 Å². The van der Waals surface area contributed by atoms with E-state index in [9.17, 15) is 4.39 Å². The predicted molar refractivity (Wildman–Crippen MR) is 123 cm³/mol. The van der Waals surface area contributed by atoms with E-state index in [4.69, 9.17) is 6.42 Å². The van der Waals surface area contributed by atoms with Crippen LogP contribution < -0.4 is 4.90 Å². The molecule has 3 aromatic rings. The Morgan fingerprint density at radius 2 is 1.43 bits per heavy atom. The number of nitrogens with zero attached hydrogens (tertiary/aromatic N) is 1. The first-order chi connectivity index (χ1) is 14.6. The summed E-state index contributed by atoms with van der Waals surface area (Å²) in [6, 6.07) is 24.7. The monoisotopic (exact) mass is 397 g/mol. The van der Waals surface area contributed by atoms with Crippen LogP contribution in [0.25, 0.3) is 0 Å². The topological polar surface area (TPSA) is 3.24 Å². The molecule has 1 fully saturated rings. The first kappa shape index (κ1) is 20.2. The second kappa shape index (κ2) is 8.76. The van der Waals surface area contributed by atoms with Crippen molar-refractivity contribution in [3.63, 3.8) is 0 Å². The zero-order valence-electron chi connectivity index (χ0n) is 17.7. The van der Waals surface area contributed by atoms with Gasteiger partial charge in [-0.3, -0.25) is 0 Å². The summed E-state index contributed by atoms with van der Waals surface area (Å²) in [7, 11) is 0. The minimum absolute atomic E-state index is 0.206. The van der Waals surface area contributed by atoms with Gasteiger partial charge in [0.1, 0.15) is 5.82 Å². The minimum Gasteiger partial charge on any atom is -0.357 e. The van der Waals surface area contributed by atoms with Crippen LogP contribution in [-0.2, 0) is 0 Å². The third-order valence-corrected chi connectivity index (χ3v) is 6.47. The van der Waals surface area contributed by atoms with E-state index in [1.165, 1.54) is 16.7 Å². The fourth-order valence-electron chi connectivity index (χ4n) is 4.52. The highest BCUT2D eigenvalue weighted by molar-refractivity contribution is 5.54. The van der Waals surface area contributed by atoms with Gasteiger partial charge in [0.15, 0.2) is 0 Å². The molecule has 0 amide bonds. The second-order valence-electron chi connectivity index (χ2n) is 8.23. The van der Waals surface area contributed by atoms with Crippen molar-refractivity contribution in [2.75, 3.05) is 4.90 Å². The molecular weight excluding hydrogens is 369 g/mol. The van der Waals surface area contributed by atoms with E-state index in [0.29, 0.717) is 5.92 Å². The van der Waals surface area contributed by atoms with Gasteiger partial charge in [0.25, 0.3) is 0 Å². The predicted octanol–water partition coefficient (Wildman–Crippen LogP) is 7.40. The summed E-state index contributed by atoms with van der Waals surface area (Å²) >= 11 is 0. The molecule has 3 aromatic carbocycles. The van der Waals surface area contributed by atoms with Crippen LogP contribution in [0, 0.1) is 18.2 Å². The van der Waals surface area contributed by atoms with E-state index in [1.807, 2.05) is 24.3 Å². The molecule has 1 nitrogen and oxygen atoms in total. The van der Waals surface area contributed by atoms with Crippen molar-refractivity contribution in [1.29, 1.82) is 0 Å². The lowest BCUT2D eigenvalue weighted by molar-refractivity contribution is 0.625. The zero-order chi connectivity index (χ0) is 21.1. The highest BCUT2D eigenvalue weighted by Crippen LogP contribution is 2.47. The van der Waals surface area contributed by atoms with E-state index in [0.717, 1.165) is 30.5 Å². The Hall–Kier alpha value is -3.05. The molecule has 1 aliphatic rings. The standard InChI is InChI=1S/C28H28FN/c1-4-20(3)22-10-12-24(13-11-22)28-19-18-27(23-8-6-21(5-2)7-9-23)30(28)26-16-14-25(29)15-17-26/h2,6-17,20,27-28H,4,18-19H2,1,3H3/t20?,27-,28-/m1/s1. The van der Waals surface area contributed by atoms with Gasteiger partial charge in [-0.1, -0.05) is 56.2 Å². The van der Waals surface area contributed by atoms with E-state index in [-0.39, 0.29) is 17.9 Å². The summed E-state index contributed by atoms with van der Waals surface area (Å²) in [5.74, 6) is 3.05. The Labute approximate surface area is 179 Å². The number of halogens is 1. The van der Waals surface area contributed by atoms with E-state index in [1.54, 1.807) is 12.1 Å². The molecule has 0 N–H and O–H groups in total. The highest BCUT2D eigenvalue weighted by Gasteiger charge is 2.35. The second-order valence-corrected chi connectivity index (χ2v) is 8.23. The van der Waals surface area contributed by atoms with Crippen LogP contribution in [0.5, 0.6) is 0 Å². The SMILES string of the molecule is C#Cc1ccc([C@H]2CC[C@H](c3ccc(C(C)CC)cc3)N2c2ccc(F)cc2)cc1. The smallest absolute Gasteiger partial charge is 0.123 e. The number of benzene rings is 3. The van der Waals surface area contributed by atoms with Crippen molar-refractivity contribution in [3.8, 4) is 12.3 Å².